The van der Waals surface area contributed by atoms with Gasteiger partial charge in [-0.25, -0.2) is 13.6 Å². The zero-order valence-electron chi connectivity index (χ0n) is 17.2. The third-order valence-electron chi connectivity index (χ3n) is 4.29. The number of amides is 1. The van der Waals surface area contributed by atoms with Crippen LogP contribution < -0.4 is 9.97 Å². The monoisotopic (exact) mass is 427 g/mol. The summed E-state index contributed by atoms with van der Waals surface area (Å²) >= 11 is 0. The molecule has 11 heteroatoms. The van der Waals surface area contributed by atoms with Crippen molar-refractivity contribution < 1.29 is 42.3 Å². The molecule has 0 aromatic heterocycles. The second kappa shape index (κ2) is 9.42. The van der Waals surface area contributed by atoms with Gasteiger partial charge in [-0.15, -0.1) is 0 Å². The molecule has 1 atom stereocenters. The van der Waals surface area contributed by atoms with Crippen molar-refractivity contribution in [3.63, 3.8) is 0 Å². The van der Waals surface area contributed by atoms with E-state index in [9.17, 15) is 28.2 Å². The maximum Gasteiger partial charge on any atom is 0.547 e. The summed E-state index contributed by atoms with van der Waals surface area (Å²) in [7, 11) is -1.59. The second-order valence-electron chi connectivity index (χ2n) is 7.90. The molecule has 1 aliphatic rings. The van der Waals surface area contributed by atoms with E-state index in [2.05, 4.69) is 5.32 Å². The van der Waals surface area contributed by atoms with Gasteiger partial charge in [0.2, 0.25) is 12.7 Å². The van der Waals surface area contributed by atoms with Crippen LogP contribution in [0.1, 0.15) is 56.5 Å². The van der Waals surface area contributed by atoms with Crippen LogP contribution in [0.5, 0.6) is 5.75 Å². The Morgan fingerprint density at radius 2 is 1.97 bits per heavy atom. The quantitative estimate of drug-likeness (QED) is 0.405. The van der Waals surface area contributed by atoms with E-state index in [-0.39, 0.29) is 24.3 Å². The topological polar surface area (TPSA) is 111 Å². The predicted molar refractivity (Wildman–Crippen MR) is 101 cm³/mol. The molecule has 1 aliphatic heterocycles. The minimum atomic E-state index is -1.59. The molecule has 0 bridgehead atoms. The van der Waals surface area contributed by atoms with Gasteiger partial charge in [0.05, 0.1) is 11.4 Å². The molecule has 0 spiro atoms. The van der Waals surface area contributed by atoms with Crippen LogP contribution in [-0.4, -0.2) is 42.7 Å². The Bertz CT molecular complexity index is 841. The highest BCUT2D eigenvalue weighted by Crippen LogP contribution is 2.34. The highest BCUT2D eigenvalue weighted by Gasteiger charge is 2.40. The van der Waals surface area contributed by atoms with E-state index in [4.69, 9.17) is 14.1 Å². The highest BCUT2D eigenvalue weighted by atomic mass is 19.2. The summed E-state index contributed by atoms with van der Waals surface area (Å²) in [6.07, 6.45) is 0.711. The van der Waals surface area contributed by atoms with Crippen LogP contribution in [0, 0.1) is 17.0 Å². The highest BCUT2D eigenvalue weighted by molar-refractivity contribution is 6.47. The smallest absolute Gasteiger partial charge is 0.534 e. The van der Waals surface area contributed by atoms with Crippen LogP contribution in [-0.2, 0) is 25.5 Å². The van der Waals surface area contributed by atoms with Crippen LogP contribution in [0.4, 0.5) is 8.78 Å². The normalized spacial score (nSPS) is 15.7. The van der Waals surface area contributed by atoms with Crippen molar-refractivity contribution in [2.75, 3.05) is 6.79 Å². The molecule has 0 radical (unpaired) electrons. The largest absolute Gasteiger partial charge is 0.547 e. The zero-order chi connectivity index (χ0) is 22.6. The lowest BCUT2D eigenvalue weighted by molar-refractivity contribution is -0.161. The summed E-state index contributed by atoms with van der Waals surface area (Å²) < 4.78 is 43.1. The first-order valence-corrected chi connectivity index (χ1v) is 9.45. The van der Waals surface area contributed by atoms with Gasteiger partial charge in [-0.1, -0.05) is 6.92 Å². The molecule has 0 saturated heterocycles. The van der Waals surface area contributed by atoms with Crippen LogP contribution in [0.2, 0.25) is 0 Å². The minimum absolute atomic E-state index is 0.0691. The molecule has 1 amide bonds. The molecular formula is C19H24BF2NO7. The summed E-state index contributed by atoms with van der Waals surface area (Å²) in [5, 5.41) is 12.7. The van der Waals surface area contributed by atoms with Gasteiger partial charge in [-0.2, -0.15) is 0 Å². The zero-order valence-corrected chi connectivity index (χ0v) is 17.2. The summed E-state index contributed by atoms with van der Waals surface area (Å²) in [5.74, 6) is -6.48. The van der Waals surface area contributed by atoms with E-state index in [1.807, 2.05) is 0 Å². The molecular weight excluding hydrogens is 403 g/mol. The average molecular weight is 427 g/mol. The number of rotatable bonds is 6. The maximum absolute atomic E-state index is 14.3. The van der Waals surface area contributed by atoms with Crippen molar-refractivity contribution >= 4 is 25.0 Å². The molecule has 8 nitrogen and oxygen atoms in total. The molecule has 30 heavy (non-hydrogen) atoms. The number of fused-ring (bicyclic) bond motifs is 1. The standard InChI is InChI=1S/C19H24BF2NO7/c1-5-6-13(24)23-12-8-10-7-11(21)15(22)14(16(10)30-20(12)27)17(25)28-9-29-18(26)19(2,3)4/h7,12,27H,5-6,8-9H2,1-4H3,(H,23,24)/t12-/m0/s1. The van der Waals surface area contributed by atoms with Crippen LogP contribution >= 0.6 is 0 Å². The SMILES string of the molecule is CCCC(=O)N[C@H]1Cc2cc(F)c(F)c(C(=O)OCOC(=O)C(C)(C)C)c2OB1O. The van der Waals surface area contributed by atoms with Gasteiger partial charge in [0.1, 0.15) is 11.3 Å². The number of hydrogen-bond acceptors (Lipinski definition) is 7. The number of esters is 2. The molecule has 2 N–H and O–H groups in total. The predicted octanol–water partition coefficient (Wildman–Crippen LogP) is 1.91. The van der Waals surface area contributed by atoms with Gasteiger partial charge in [0.15, 0.2) is 11.6 Å². The van der Waals surface area contributed by atoms with Crippen molar-refractivity contribution in [2.24, 2.45) is 5.41 Å². The van der Waals surface area contributed by atoms with Gasteiger partial charge < -0.3 is 24.5 Å². The number of ether oxygens (including phenoxy) is 2. The van der Waals surface area contributed by atoms with E-state index in [0.717, 1.165) is 6.07 Å². The van der Waals surface area contributed by atoms with Crippen LogP contribution in [0.3, 0.4) is 0 Å². The summed E-state index contributed by atoms with van der Waals surface area (Å²) in [6.45, 7) is 5.76. The average Bonchev–Trinajstić information content (AvgIpc) is 2.63. The first-order chi connectivity index (χ1) is 14.0. The van der Waals surface area contributed by atoms with E-state index in [1.54, 1.807) is 27.7 Å². The number of halogens is 2. The molecule has 0 fully saturated rings. The molecule has 1 aromatic carbocycles. The first kappa shape index (κ1) is 23.6. The van der Waals surface area contributed by atoms with Crippen molar-refractivity contribution in [3.05, 3.63) is 28.8 Å². The number of nitrogens with one attached hydrogen (secondary N) is 1. The van der Waals surface area contributed by atoms with Crippen LogP contribution in [0.25, 0.3) is 0 Å². The number of carbonyl (C=O) groups excluding carboxylic acids is 3. The number of carbonyl (C=O) groups is 3. The lowest BCUT2D eigenvalue weighted by atomic mass is 9.72. The van der Waals surface area contributed by atoms with Crippen molar-refractivity contribution in [1.82, 2.24) is 5.32 Å². The van der Waals surface area contributed by atoms with Crippen molar-refractivity contribution in [1.29, 1.82) is 0 Å². The van der Waals surface area contributed by atoms with Crippen molar-refractivity contribution in [2.45, 2.75) is 52.9 Å². The van der Waals surface area contributed by atoms with E-state index < -0.39 is 60.2 Å². The van der Waals surface area contributed by atoms with Gasteiger partial charge >= 0.3 is 19.1 Å². The summed E-state index contributed by atoms with van der Waals surface area (Å²) in [6, 6.07) is 0.825. The number of hydrogen-bond donors (Lipinski definition) is 2. The Labute approximate surface area is 173 Å². The minimum Gasteiger partial charge on any atom is -0.534 e. The lowest BCUT2D eigenvalue weighted by Crippen LogP contribution is -2.53. The Kier molecular flexibility index (Phi) is 7.41. The van der Waals surface area contributed by atoms with Gasteiger partial charge in [-0.3, -0.25) is 9.59 Å². The maximum atomic E-state index is 14.3. The van der Waals surface area contributed by atoms with Gasteiger partial charge in [0.25, 0.3) is 0 Å². The number of benzene rings is 1. The molecule has 0 saturated carbocycles. The third-order valence-corrected chi connectivity index (χ3v) is 4.29. The molecule has 1 aromatic rings. The third kappa shape index (κ3) is 5.47. The fraction of sp³-hybridized carbons (Fsp3) is 0.526. The lowest BCUT2D eigenvalue weighted by Gasteiger charge is -2.29. The molecule has 0 unspecified atom stereocenters. The fourth-order valence-electron chi connectivity index (χ4n) is 2.72. The van der Waals surface area contributed by atoms with Gasteiger partial charge in [-0.05, 0) is 45.2 Å². The summed E-state index contributed by atoms with van der Waals surface area (Å²) in [5.41, 5.74) is -1.64. The van der Waals surface area contributed by atoms with Crippen molar-refractivity contribution in [3.8, 4) is 5.75 Å². The molecule has 0 aliphatic carbocycles. The fourth-order valence-corrected chi connectivity index (χ4v) is 2.72. The van der Waals surface area contributed by atoms with E-state index >= 15 is 0 Å². The molecule has 164 valence electrons. The first-order valence-electron chi connectivity index (χ1n) is 9.45. The van der Waals surface area contributed by atoms with Gasteiger partial charge in [0, 0.05) is 6.42 Å². The Hall–Kier alpha value is -2.69. The Morgan fingerprint density at radius 1 is 1.30 bits per heavy atom. The van der Waals surface area contributed by atoms with E-state index in [0.29, 0.717) is 6.42 Å². The molecule has 1 heterocycles. The van der Waals surface area contributed by atoms with Crippen LogP contribution in [0.15, 0.2) is 6.07 Å². The Balaban J connectivity index is 2.20. The van der Waals surface area contributed by atoms with E-state index in [1.165, 1.54) is 0 Å². The second-order valence-corrected chi connectivity index (χ2v) is 7.90. The Morgan fingerprint density at radius 3 is 2.57 bits per heavy atom. The molecule has 2 rings (SSSR count). The summed E-state index contributed by atoms with van der Waals surface area (Å²) in [4.78, 5) is 35.8.